The summed E-state index contributed by atoms with van der Waals surface area (Å²) in [5.41, 5.74) is 0. The molecule has 3 nitrogen and oxygen atoms in total. The maximum Gasteiger partial charge on any atom is 0.310 e. The van der Waals surface area contributed by atoms with Crippen LogP contribution in [0.2, 0.25) is 0 Å². The molecule has 15 heavy (non-hydrogen) atoms. The predicted molar refractivity (Wildman–Crippen MR) is 60.5 cm³/mol. The Morgan fingerprint density at radius 1 is 1.53 bits per heavy atom. The Kier molecular flexibility index (Phi) is 4.82. The second kappa shape index (κ2) is 5.91. The highest BCUT2D eigenvalue weighted by Crippen LogP contribution is 2.18. The number of rotatable bonds is 5. The molecular weight excluding hydrogens is 190 g/mol. The van der Waals surface area contributed by atoms with Gasteiger partial charge >= 0.3 is 5.97 Å². The van der Waals surface area contributed by atoms with Crippen LogP contribution in [0.25, 0.3) is 0 Å². The van der Waals surface area contributed by atoms with Gasteiger partial charge in [-0.2, -0.15) is 0 Å². The van der Waals surface area contributed by atoms with Gasteiger partial charge in [0.25, 0.3) is 0 Å². The Morgan fingerprint density at radius 2 is 2.13 bits per heavy atom. The Morgan fingerprint density at radius 3 is 2.60 bits per heavy atom. The van der Waals surface area contributed by atoms with E-state index in [1.807, 2.05) is 13.0 Å². The van der Waals surface area contributed by atoms with Crippen molar-refractivity contribution in [2.75, 3.05) is 26.7 Å². The second-order valence-corrected chi connectivity index (χ2v) is 4.23. The van der Waals surface area contributed by atoms with Crippen LogP contribution in [0, 0.1) is 11.8 Å². The first-order chi connectivity index (χ1) is 7.19. The molecule has 2 unspecified atom stereocenters. The first-order valence-corrected chi connectivity index (χ1v) is 5.61. The summed E-state index contributed by atoms with van der Waals surface area (Å²) in [4.78, 5) is 13.9. The van der Waals surface area contributed by atoms with Crippen LogP contribution in [-0.2, 0) is 9.53 Å². The van der Waals surface area contributed by atoms with Gasteiger partial charge in [-0.05, 0) is 31.8 Å². The van der Waals surface area contributed by atoms with E-state index in [1.54, 1.807) is 0 Å². The van der Waals surface area contributed by atoms with Crippen molar-refractivity contribution >= 4 is 5.97 Å². The topological polar surface area (TPSA) is 29.5 Å². The largest absolute Gasteiger partial charge is 0.469 e. The third kappa shape index (κ3) is 3.34. The van der Waals surface area contributed by atoms with Gasteiger partial charge in [-0.1, -0.05) is 13.0 Å². The fourth-order valence-corrected chi connectivity index (χ4v) is 2.01. The number of carbonyl (C=O) groups excluding carboxylic acids is 1. The van der Waals surface area contributed by atoms with E-state index in [-0.39, 0.29) is 17.8 Å². The van der Waals surface area contributed by atoms with E-state index in [0.29, 0.717) is 0 Å². The summed E-state index contributed by atoms with van der Waals surface area (Å²) in [6, 6.07) is 0. The minimum Gasteiger partial charge on any atom is -0.469 e. The van der Waals surface area contributed by atoms with Crippen LogP contribution in [0.1, 0.15) is 19.8 Å². The van der Waals surface area contributed by atoms with Crippen molar-refractivity contribution in [3.05, 3.63) is 12.7 Å². The van der Waals surface area contributed by atoms with Gasteiger partial charge in [0.05, 0.1) is 13.0 Å². The lowest BCUT2D eigenvalue weighted by molar-refractivity contribution is -0.147. The summed E-state index contributed by atoms with van der Waals surface area (Å²) >= 11 is 0. The minimum absolute atomic E-state index is 0.0643. The molecule has 0 aromatic heterocycles. The summed E-state index contributed by atoms with van der Waals surface area (Å²) in [5, 5.41) is 0. The first kappa shape index (κ1) is 12.2. The van der Waals surface area contributed by atoms with Gasteiger partial charge in [0, 0.05) is 6.54 Å². The van der Waals surface area contributed by atoms with Crippen LogP contribution in [0.5, 0.6) is 0 Å². The maximum atomic E-state index is 11.6. The van der Waals surface area contributed by atoms with Crippen molar-refractivity contribution in [3.8, 4) is 0 Å². The molecule has 3 heteroatoms. The molecule has 1 rings (SSSR count). The number of hydrogen-bond donors (Lipinski definition) is 0. The zero-order chi connectivity index (χ0) is 11.3. The van der Waals surface area contributed by atoms with Crippen molar-refractivity contribution in [1.82, 2.24) is 4.90 Å². The summed E-state index contributed by atoms with van der Waals surface area (Å²) in [5.74, 6) is -0.00190. The van der Waals surface area contributed by atoms with E-state index in [1.165, 1.54) is 20.0 Å². The minimum atomic E-state index is -0.116. The highest BCUT2D eigenvalue weighted by molar-refractivity contribution is 5.73. The number of hydrogen-bond acceptors (Lipinski definition) is 3. The number of ether oxygens (including phenoxy) is 1. The molecule has 0 N–H and O–H groups in total. The summed E-state index contributed by atoms with van der Waals surface area (Å²) in [6.45, 7) is 8.79. The third-order valence-corrected chi connectivity index (χ3v) is 3.16. The lowest BCUT2D eigenvalue weighted by atomic mass is 9.93. The highest BCUT2D eigenvalue weighted by Gasteiger charge is 2.27. The first-order valence-electron chi connectivity index (χ1n) is 5.61. The molecule has 1 aliphatic rings. The zero-order valence-corrected chi connectivity index (χ0v) is 9.74. The number of likely N-dealkylation sites (tertiary alicyclic amines) is 1. The van der Waals surface area contributed by atoms with Crippen LogP contribution in [-0.4, -0.2) is 37.6 Å². The average molecular weight is 211 g/mol. The van der Waals surface area contributed by atoms with Crippen molar-refractivity contribution in [2.45, 2.75) is 19.8 Å². The summed E-state index contributed by atoms with van der Waals surface area (Å²) in [7, 11) is 1.45. The predicted octanol–water partition coefficient (Wildman–Crippen LogP) is 1.69. The third-order valence-electron chi connectivity index (χ3n) is 3.16. The van der Waals surface area contributed by atoms with Gasteiger partial charge in [0.1, 0.15) is 0 Å². The number of nitrogens with zero attached hydrogens (tertiary/aromatic N) is 1. The van der Waals surface area contributed by atoms with Crippen molar-refractivity contribution < 1.29 is 9.53 Å². The number of allylic oxidation sites excluding steroid dienone is 1. The van der Waals surface area contributed by atoms with Crippen LogP contribution in [0.4, 0.5) is 0 Å². The molecule has 0 aromatic carbocycles. The van der Waals surface area contributed by atoms with Crippen molar-refractivity contribution in [2.24, 2.45) is 11.8 Å². The van der Waals surface area contributed by atoms with E-state index in [0.717, 1.165) is 19.6 Å². The molecular formula is C12H21NO2. The van der Waals surface area contributed by atoms with Gasteiger partial charge < -0.3 is 9.64 Å². The average Bonchev–Trinajstić information content (AvgIpc) is 2.76. The van der Waals surface area contributed by atoms with E-state index in [9.17, 15) is 4.79 Å². The van der Waals surface area contributed by atoms with Crippen LogP contribution in [0.3, 0.4) is 0 Å². The molecule has 0 saturated carbocycles. The lowest BCUT2D eigenvalue weighted by Gasteiger charge is -2.24. The molecule has 0 radical (unpaired) electrons. The van der Waals surface area contributed by atoms with Gasteiger partial charge in [-0.25, -0.2) is 0 Å². The standard InChI is InChI=1S/C12H21NO2/c1-4-10(2)11(12(14)15-3)9-13-7-5-6-8-13/h4,10-11H,1,5-9H2,2-3H3. The highest BCUT2D eigenvalue weighted by atomic mass is 16.5. The smallest absolute Gasteiger partial charge is 0.310 e. The molecule has 2 atom stereocenters. The van der Waals surface area contributed by atoms with E-state index in [2.05, 4.69) is 11.5 Å². The van der Waals surface area contributed by atoms with Crippen molar-refractivity contribution in [3.63, 3.8) is 0 Å². The lowest BCUT2D eigenvalue weighted by Crippen LogP contribution is -2.35. The summed E-state index contributed by atoms with van der Waals surface area (Å²) < 4.78 is 4.83. The molecule has 0 aliphatic carbocycles. The Hall–Kier alpha value is -0.830. The zero-order valence-electron chi connectivity index (χ0n) is 9.74. The van der Waals surface area contributed by atoms with Crippen LogP contribution >= 0.6 is 0 Å². The molecule has 1 fully saturated rings. The molecule has 86 valence electrons. The maximum absolute atomic E-state index is 11.6. The van der Waals surface area contributed by atoms with Crippen LogP contribution < -0.4 is 0 Å². The number of carbonyl (C=O) groups is 1. The molecule has 0 bridgehead atoms. The molecule has 1 saturated heterocycles. The SMILES string of the molecule is C=CC(C)C(CN1CCCC1)C(=O)OC. The van der Waals surface area contributed by atoms with E-state index >= 15 is 0 Å². The fraction of sp³-hybridized carbons (Fsp3) is 0.750. The van der Waals surface area contributed by atoms with E-state index in [4.69, 9.17) is 4.74 Å². The molecule has 1 aliphatic heterocycles. The fourth-order valence-electron chi connectivity index (χ4n) is 2.01. The molecule has 0 amide bonds. The van der Waals surface area contributed by atoms with Gasteiger partial charge in [-0.15, -0.1) is 6.58 Å². The molecule has 1 heterocycles. The molecule has 0 aromatic rings. The quantitative estimate of drug-likeness (QED) is 0.512. The normalized spacial score (nSPS) is 20.9. The number of esters is 1. The number of methoxy groups -OCH3 is 1. The Bertz CT molecular complexity index is 222. The Labute approximate surface area is 92.1 Å². The second-order valence-electron chi connectivity index (χ2n) is 4.23. The molecule has 0 spiro atoms. The van der Waals surface area contributed by atoms with Gasteiger partial charge in [-0.3, -0.25) is 4.79 Å². The Balaban J connectivity index is 2.54. The van der Waals surface area contributed by atoms with E-state index < -0.39 is 0 Å². The van der Waals surface area contributed by atoms with Crippen LogP contribution in [0.15, 0.2) is 12.7 Å². The van der Waals surface area contributed by atoms with Gasteiger partial charge in [0.2, 0.25) is 0 Å². The summed E-state index contributed by atoms with van der Waals surface area (Å²) in [6.07, 6.45) is 4.32. The van der Waals surface area contributed by atoms with Gasteiger partial charge in [0.15, 0.2) is 0 Å². The monoisotopic (exact) mass is 211 g/mol. The van der Waals surface area contributed by atoms with Crippen molar-refractivity contribution in [1.29, 1.82) is 0 Å².